The van der Waals surface area contributed by atoms with Crippen molar-refractivity contribution in [1.29, 1.82) is 0 Å². The molecule has 2 aliphatic heterocycles. The molecule has 0 spiro atoms. The molecular weight excluding hydrogens is 252 g/mol. The molecule has 1 unspecified atom stereocenters. The first-order valence-corrected chi connectivity index (χ1v) is 7.26. The zero-order chi connectivity index (χ0) is 14.3. The Morgan fingerprint density at radius 3 is 2.75 bits per heavy atom. The van der Waals surface area contributed by atoms with Crippen LogP contribution in [0.2, 0.25) is 0 Å². The molecule has 2 aliphatic rings. The van der Waals surface area contributed by atoms with Crippen molar-refractivity contribution in [3.05, 3.63) is 29.3 Å². The van der Waals surface area contributed by atoms with E-state index in [2.05, 4.69) is 0 Å². The predicted octanol–water partition coefficient (Wildman–Crippen LogP) is 2.03. The largest absolute Gasteiger partial charge is 0.331 e. The van der Waals surface area contributed by atoms with Crippen LogP contribution in [-0.2, 0) is 9.59 Å². The summed E-state index contributed by atoms with van der Waals surface area (Å²) in [4.78, 5) is 28.5. The van der Waals surface area contributed by atoms with Crippen LogP contribution in [0.15, 0.2) is 18.2 Å². The van der Waals surface area contributed by atoms with Gasteiger partial charge in [0.25, 0.3) is 0 Å². The molecule has 1 aromatic carbocycles. The van der Waals surface area contributed by atoms with Crippen LogP contribution in [-0.4, -0.2) is 35.8 Å². The summed E-state index contributed by atoms with van der Waals surface area (Å²) in [6.07, 6.45) is 2.16. The van der Waals surface area contributed by atoms with Crippen LogP contribution in [0.1, 0.15) is 30.4 Å². The lowest BCUT2D eigenvalue weighted by Gasteiger charge is -2.26. The maximum atomic E-state index is 12.8. The van der Waals surface area contributed by atoms with E-state index in [0.717, 1.165) is 36.2 Å². The zero-order valence-electron chi connectivity index (χ0n) is 12.1. The van der Waals surface area contributed by atoms with E-state index in [1.165, 1.54) is 0 Å². The molecule has 0 radical (unpaired) electrons. The average Bonchev–Trinajstić information content (AvgIpc) is 2.87. The Bertz CT molecular complexity index is 568. The Balaban J connectivity index is 1.98. The number of rotatable bonds is 1. The highest BCUT2D eigenvalue weighted by Crippen LogP contribution is 2.29. The number of carbonyl (C=O) groups is 2. The number of fused-ring (bicyclic) bond motifs is 1. The number of anilines is 1. The molecule has 0 saturated carbocycles. The molecule has 106 valence electrons. The normalized spacial score (nSPS) is 23.0. The van der Waals surface area contributed by atoms with Crippen molar-refractivity contribution in [3.63, 3.8) is 0 Å². The Morgan fingerprint density at radius 2 is 1.95 bits per heavy atom. The number of amides is 2. The van der Waals surface area contributed by atoms with Gasteiger partial charge in [0, 0.05) is 25.2 Å². The van der Waals surface area contributed by atoms with E-state index in [0.29, 0.717) is 13.0 Å². The van der Waals surface area contributed by atoms with Gasteiger partial charge >= 0.3 is 0 Å². The Labute approximate surface area is 119 Å². The lowest BCUT2D eigenvalue weighted by Crippen LogP contribution is -2.44. The van der Waals surface area contributed by atoms with Crippen molar-refractivity contribution in [2.75, 3.05) is 18.0 Å². The smallest absolute Gasteiger partial charge is 0.249 e. The van der Waals surface area contributed by atoms with E-state index in [9.17, 15) is 9.59 Å². The van der Waals surface area contributed by atoms with Crippen molar-refractivity contribution in [2.24, 2.45) is 0 Å². The number of hydrogen-bond donors (Lipinski definition) is 0. The molecule has 0 aromatic heterocycles. The van der Waals surface area contributed by atoms with Gasteiger partial charge in [0.2, 0.25) is 11.8 Å². The highest BCUT2D eigenvalue weighted by molar-refractivity contribution is 6.02. The quantitative estimate of drug-likeness (QED) is 0.785. The summed E-state index contributed by atoms with van der Waals surface area (Å²) in [6, 6.07) is 5.89. The van der Waals surface area contributed by atoms with Gasteiger partial charge in [-0.15, -0.1) is 0 Å². The van der Waals surface area contributed by atoms with Crippen molar-refractivity contribution in [3.8, 4) is 0 Å². The van der Waals surface area contributed by atoms with Crippen molar-refractivity contribution >= 4 is 17.5 Å². The Hall–Kier alpha value is -1.84. The molecule has 3 rings (SSSR count). The predicted molar refractivity (Wildman–Crippen MR) is 77.6 cm³/mol. The van der Waals surface area contributed by atoms with Crippen LogP contribution in [0.5, 0.6) is 0 Å². The second kappa shape index (κ2) is 4.93. The maximum Gasteiger partial charge on any atom is 0.249 e. The molecule has 2 fully saturated rings. The highest BCUT2D eigenvalue weighted by atomic mass is 16.2. The maximum absolute atomic E-state index is 12.8. The molecule has 1 atom stereocenters. The summed E-state index contributed by atoms with van der Waals surface area (Å²) in [7, 11) is 0. The van der Waals surface area contributed by atoms with E-state index in [1.807, 2.05) is 36.9 Å². The van der Waals surface area contributed by atoms with Crippen molar-refractivity contribution < 1.29 is 9.59 Å². The second-order valence-corrected chi connectivity index (χ2v) is 5.77. The van der Waals surface area contributed by atoms with Crippen molar-refractivity contribution in [2.45, 2.75) is 39.2 Å². The SMILES string of the molecule is Cc1ccc(C)c(N2CCC(=O)N3CCCC3C2=O)c1. The Morgan fingerprint density at radius 1 is 1.15 bits per heavy atom. The van der Waals surface area contributed by atoms with Crippen LogP contribution in [0.3, 0.4) is 0 Å². The molecular formula is C16H20N2O2. The van der Waals surface area contributed by atoms with Gasteiger partial charge in [0.05, 0.1) is 0 Å². The summed E-state index contributed by atoms with van der Waals surface area (Å²) in [6.45, 7) is 5.27. The van der Waals surface area contributed by atoms with Crippen LogP contribution in [0.25, 0.3) is 0 Å². The fourth-order valence-corrected chi connectivity index (χ4v) is 3.21. The minimum atomic E-state index is -0.245. The molecule has 1 aromatic rings. The van der Waals surface area contributed by atoms with Crippen LogP contribution in [0.4, 0.5) is 5.69 Å². The van der Waals surface area contributed by atoms with Crippen LogP contribution >= 0.6 is 0 Å². The molecule has 0 aliphatic carbocycles. The van der Waals surface area contributed by atoms with E-state index in [-0.39, 0.29) is 17.9 Å². The zero-order valence-corrected chi connectivity index (χ0v) is 12.1. The lowest BCUT2D eigenvalue weighted by molar-refractivity contribution is -0.135. The lowest BCUT2D eigenvalue weighted by atomic mass is 10.1. The third-order valence-corrected chi connectivity index (χ3v) is 4.33. The second-order valence-electron chi connectivity index (χ2n) is 5.77. The van der Waals surface area contributed by atoms with Gasteiger partial charge < -0.3 is 9.80 Å². The minimum absolute atomic E-state index is 0.0852. The first-order chi connectivity index (χ1) is 9.58. The molecule has 0 N–H and O–H groups in total. The topological polar surface area (TPSA) is 40.6 Å². The first kappa shape index (κ1) is 13.2. The van der Waals surface area contributed by atoms with Gasteiger partial charge in [-0.25, -0.2) is 0 Å². The molecule has 0 bridgehead atoms. The molecule has 20 heavy (non-hydrogen) atoms. The molecule has 2 heterocycles. The van der Waals surface area contributed by atoms with Gasteiger partial charge in [-0.05, 0) is 43.9 Å². The molecule has 2 saturated heterocycles. The molecule has 4 nitrogen and oxygen atoms in total. The van der Waals surface area contributed by atoms with E-state index in [4.69, 9.17) is 0 Å². The van der Waals surface area contributed by atoms with Gasteiger partial charge in [-0.3, -0.25) is 9.59 Å². The van der Waals surface area contributed by atoms with Crippen LogP contribution < -0.4 is 4.90 Å². The van der Waals surface area contributed by atoms with E-state index >= 15 is 0 Å². The highest BCUT2D eigenvalue weighted by Gasteiger charge is 2.39. The molecule has 2 amide bonds. The van der Waals surface area contributed by atoms with Gasteiger partial charge in [-0.1, -0.05) is 12.1 Å². The fraction of sp³-hybridized carbons (Fsp3) is 0.500. The summed E-state index contributed by atoms with van der Waals surface area (Å²) in [5, 5.41) is 0. The molecule has 4 heteroatoms. The summed E-state index contributed by atoms with van der Waals surface area (Å²) < 4.78 is 0. The number of carbonyl (C=O) groups excluding carboxylic acids is 2. The van der Waals surface area contributed by atoms with Gasteiger partial charge in [0.15, 0.2) is 0 Å². The Kier molecular flexibility index (Phi) is 3.24. The average molecular weight is 272 g/mol. The number of nitrogens with zero attached hydrogens (tertiary/aromatic N) is 2. The monoisotopic (exact) mass is 272 g/mol. The number of benzene rings is 1. The summed E-state index contributed by atoms with van der Waals surface area (Å²) in [5.74, 6) is 0.204. The summed E-state index contributed by atoms with van der Waals surface area (Å²) >= 11 is 0. The van der Waals surface area contributed by atoms with E-state index < -0.39 is 0 Å². The van der Waals surface area contributed by atoms with Crippen LogP contribution in [0, 0.1) is 13.8 Å². The summed E-state index contributed by atoms with van der Waals surface area (Å²) in [5.41, 5.74) is 3.18. The standard InChI is InChI=1S/C16H20N2O2/c1-11-5-6-12(2)14(10-11)18-9-7-15(19)17-8-3-4-13(17)16(18)20/h5-6,10,13H,3-4,7-9H2,1-2H3. The minimum Gasteiger partial charge on any atom is -0.331 e. The number of aryl methyl sites for hydroxylation is 2. The third kappa shape index (κ3) is 2.09. The van der Waals surface area contributed by atoms with Gasteiger partial charge in [0.1, 0.15) is 6.04 Å². The van der Waals surface area contributed by atoms with E-state index in [1.54, 1.807) is 4.90 Å². The fourth-order valence-electron chi connectivity index (χ4n) is 3.21. The first-order valence-electron chi connectivity index (χ1n) is 7.26. The van der Waals surface area contributed by atoms with Gasteiger partial charge in [-0.2, -0.15) is 0 Å². The number of hydrogen-bond acceptors (Lipinski definition) is 2. The third-order valence-electron chi connectivity index (χ3n) is 4.33. The van der Waals surface area contributed by atoms with Crippen molar-refractivity contribution in [1.82, 2.24) is 4.90 Å².